The number of rotatable bonds is 5. The molecule has 0 spiro atoms. The van der Waals surface area contributed by atoms with Gasteiger partial charge in [-0.05, 0) is 43.2 Å². The number of ether oxygens (including phenoxy) is 1. The fourth-order valence-corrected chi connectivity index (χ4v) is 2.03. The molecule has 0 N–H and O–H groups in total. The Morgan fingerprint density at radius 3 is 2.35 bits per heavy atom. The van der Waals surface area contributed by atoms with Crippen molar-refractivity contribution in [2.24, 2.45) is 0 Å². The Hall–Kier alpha value is -2.09. The monoisotopic (exact) mass is 268 g/mol. The highest BCUT2D eigenvalue weighted by Crippen LogP contribution is 2.21. The average molecular weight is 268 g/mol. The Balaban J connectivity index is 2.06. The van der Waals surface area contributed by atoms with Crippen LogP contribution in [0.2, 0.25) is 0 Å². The lowest BCUT2D eigenvalue weighted by Crippen LogP contribution is -2.00. The van der Waals surface area contributed by atoms with Gasteiger partial charge in [-0.15, -0.1) is 0 Å². The van der Waals surface area contributed by atoms with Crippen molar-refractivity contribution in [3.8, 4) is 5.75 Å². The molecule has 0 aliphatic heterocycles. The van der Waals surface area contributed by atoms with Crippen molar-refractivity contribution in [2.45, 2.75) is 33.8 Å². The molecule has 0 heterocycles. The molecule has 2 aromatic carbocycles. The van der Waals surface area contributed by atoms with Crippen LogP contribution in [-0.2, 0) is 6.61 Å². The third-order valence-electron chi connectivity index (χ3n) is 3.33. The van der Waals surface area contributed by atoms with E-state index >= 15 is 0 Å². The zero-order valence-corrected chi connectivity index (χ0v) is 12.3. The molecule has 2 heteroatoms. The van der Waals surface area contributed by atoms with E-state index < -0.39 is 0 Å². The van der Waals surface area contributed by atoms with Crippen LogP contribution in [0.1, 0.15) is 40.4 Å². The molecular weight excluding hydrogens is 248 g/mol. The minimum absolute atomic E-state index is 0.165. The zero-order valence-electron chi connectivity index (χ0n) is 12.3. The van der Waals surface area contributed by atoms with Gasteiger partial charge < -0.3 is 4.74 Å². The van der Waals surface area contributed by atoms with Crippen molar-refractivity contribution in [3.63, 3.8) is 0 Å². The van der Waals surface area contributed by atoms with Crippen LogP contribution in [0.15, 0.2) is 42.5 Å². The second-order valence-corrected chi connectivity index (χ2v) is 5.03. The van der Waals surface area contributed by atoms with E-state index in [1.165, 1.54) is 5.56 Å². The van der Waals surface area contributed by atoms with Crippen LogP contribution >= 0.6 is 0 Å². The smallest absolute Gasteiger partial charge is 0.162 e. The van der Waals surface area contributed by atoms with E-state index in [1.54, 1.807) is 0 Å². The van der Waals surface area contributed by atoms with Crippen LogP contribution in [0.3, 0.4) is 0 Å². The summed E-state index contributed by atoms with van der Waals surface area (Å²) in [6.07, 6.45) is 0.531. The largest absolute Gasteiger partial charge is 0.489 e. The highest BCUT2D eigenvalue weighted by atomic mass is 16.5. The summed E-state index contributed by atoms with van der Waals surface area (Å²) in [5.41, 5.74) is 4.14. The Morgan fingerprint density at radius 2 is 1.75 bits per heavy atom. The molecule has 0 unspecified atom stereocenters. The first kappa shape index (κ1) is 14.3. The summed E-state index contributed by atoms with van der Waals surface area (Å²) >= 11 is 0. The Morgan fingerprint density at radius 1 is 1.05 bits per heavy atom. The molecule has 0 saturated heterocycles. The normalized spacial score (nSPS) is 10.3. The number of ketones is 1. The Bertz CT molecular complexity index is 597. The van der Waals surface area contributed by atoms with Gasteiger partial charge in [-0.2, -0.15) is 0 Å². The molecular formula is C18H20O2. The summed E-state index contributed by atoms with van der Waals surface area (Å²) in [5.74, 6) is 0.997. The first-order valence-electron chi connectivity index (χ1n) is 6.92. The molecule has 20 heavy (non-hydrogen) atoms. The van der Waals surface area contributed by atoms with Gasteiger partial charge in [0.1, 0.15) is 12.4 Å². The van der Waals surface area contributed by atoms with Gasteiger partial charge in [-0.1, -0.05) is 36.8 Å². The second kappa shape index (κ2) is 6.38. The van der Waals surface area contributed by atoms with Gasteiger partial charge in [-0.3, -0.25) is 4.79 Å². The minimum atomic E-state index is 0.165. The number of aryl methyl sites for hydroxylation is 2. The van der Waals surface area contributed by atoms with Crippen molar-refractivity contribution >= 4 is 5.78 Å². The molecule has 0 saturated carbocycles. The van der Waals surface area contributed by atoms with E-state index in [2.05, 4.69) is 31.2 Å². The quantitative estimate of drug-likeness (QED) is 0.748. The molecule has 0 atom stereocenters. The Kier molecular flexibility index (Phi) is 4.57. The first-order chi connectivity index (χ1) is 9.60. The minimum Gasteiger partial charge on any atom is -0.489 e. The zero-order chi connectivity index (χ0) is 14.5. The molecule has 0 amide bonds. The summed E-state index contributed by atoms with van der Waals surface area (Å²) in [5, 5.41) is 0. The summed E-state index contributed by atoms with van der Waals surface area (Å²) in [4.78, 5) is 11.6. The standard InChI is InChI=1S/C18H20O2/c1-4-17(19)16-9-10-18(14(3)11-16)20-12-15-7-5-13(2)6-8-15/h5-11H,4,12H2,1-3H3. The molecule has 0 fully saturated rings. The molecule has 0 aliphatic rings. The number of hydrogen-bond donors (Lipinski definition) is 0. The number of carbonyl (C=O) groups is 1. The summed E-state index contributed by atoms with van der Waals surface area (Å²) in [6, 6.07) is 13.9. The van der Waals surface area contributed by atoms with Crippen molar-refractivity contribution in [1.29, 1.82) is 0 Å². The molecule has 2 aromatic rings. The van der Waals surface area contributed by atoms with E-state index in [4.69, 9.17) is 4.74 Å². The van der Waals surface area contributed by atoms with E-state index in [0.29, 0.717) is 13.0 Å². The predicted molar refractivity (Wildman–Crippen MR) is 81.3 cm³/mol. The van der Waals surface area contributed by atoms with Crippen molar-refractivity contribution in [3.05, 3.63) is 64.7 Å². The van der Waals surface area contributed by atoms with Gasteiger partial charge in [0.25, 0.3) is 0 Å². The molecule has 104 valence electrons. The van der Waals surface area contributed by atoms with Gasteiger partial charge in [0.15, 0.2) is 5.78 Å². The molecule has 0 aromatic heterocycles. The number of hydrogen-bond acceptors (Lipinski definition) is 2. The summed E-state index contributed by atoms with van der Waals surface area (Å²) in [6.45, 7) is 6.46. The van der Waals surface area contributed by atoms with Gasteiger partial charge in [0.2, 0.25) is 0 Å². The summed E-state index contributed by atoms with van der Waals surface area (Å²) in [7, 11) is 0. The maximum Gasteiger partial charge on any atom is 0.162 e. The van der Waals surface area contributed by atoms with Crippen molar-refractivity contribution in [2.75, 3.05) is 0 Å². The fraction of sp³-hybridized carbons (Fsp3) is 0.278. The van der Waals surface area contributed by atoms with Crippen molar-refractivity contribution in [1.82, 2.24) is 0 Å². The van der Waals surface area contributed by atoms with Crippen LogP contribution in [0.25, 0.3) is 0 Å². The molecule has 2 rings (SSSR count). The van der Waals surface area contributed by atoms with Gasteiger partial charge in [0.05, 0.1) is 0 Å². The lowest BCUT2D eigenvalue weighted by molar-refractivity contribution is 0.0988. The number of Topliss-reactive ketones (excluding diaryl/α,β-unsaturated/α-hetero) is 1. The van der Waals surface area contributed by atoms with Crippen LogP contribution < -0.4 is 4.74 Å². The van der Waals surface area contributed by atoms with Gasteiger partial charge in [0, 0.05) is 12.0 Å². The van der Waals surface area contributed by atoms with E-state index in [9.17, 15) is 4.79 Å². The van der Waals surface area contributed by atoms with Crippen LogP contribution in [-0.4, -0.2) is 5.78 Å². The van der Waals surface area contributed by atoms with Crippen molar-refractivity contribution < 1.29 is 9.53 Å². The maximum absolute atomic E-state index is 11.6. The second-order valence-electron chi connectivity index (χ2n) is 5.03. The SMILES string of the molecule is CCC(=O)c1ccc(OCc2ccc(C)cc2)c(C)c1. The lowest BCUT2D eigenvalue weighted by atomic mass is 10.1. The predicted octanol–water partition coefficient (Wildman–Crippen LogP) is 4.48. The van der Waals surface area contributed by atoms with Crippen LogP contribution in [0, 0.1) is 13.8 Å². The van der Waals surface area contributed by atoms with Gasteiger partial charge in [-0.25, -0.2) is 0 Å². The maximum atomic E-state index is 11.6. The molecule has 0 bridgehead atoms. The highest BCUT2D eigenvalue weighted by molar-refractivity contribution is 5.96. The van der Waals surface area contributed by atoms with Crippen LogP contribution in [0.4, 0.5) is 0 Å². The average Bonchev–Trinajstić information content (AvgIpc) is 2.46. The molecule has 0 aliphatic carbocycles. The topological polar surface area (TPSA) is 26.3 Å². The molecule has 2 nitrogen and oxygen atoms in total. The summed E-state index contributed by atoms with van der Waals surface area (Å²) < 4.78 is 5.82. The number of benzene rings is 2. The van der Waals surface area contributed by atoms with Gasteiger partial charge >= 0.3 is 0 Å². The Labute approximate surface area is 120 Å². The number of carbonyl (C=O) groups excluding carboxylic acids is 1. The van der Waals surface area contributed by atoms with E-state index in [-0.39, 0.29) is 5.78 Å². The highest BCUT2D eigenvalue weighted by Gasteiger charge is 2.06. The third-order valence-corrected chi connectivity index (χ3v) is 3.33. The molecule has 0 radical (unpaired) electrons. The fourth-order valence-electron chi connectivity index (χ4n) is 2.03. The van der Waals surface area contributed by atoms with E-state index in [1.807, 2.05) is 32.0 Å². The van der Waals surface area contributed by atoms with E-state index in [0.717, 1.165) is 22.4 Å². The first-order valence-corrected chi connectivity index (χ1v) is 6.92. The lowest BCUT2D eigenvalue weighted by Gasteiger charge is -2.10. The van der Waals surface area contributed by atoms with Crippen LogP contribution in [0.5, 0.6) is 5.75 Å². The third kappa shape index (κ3) is 3.47.